The van der Waals surface area contributed by atoms with Crippen LogP contribution in [0.1, 0.15) is 73.4 Å². The first kappa shape index (κ1) is 25.7. The lowest BCUT2D eigenvalue weighted by atomic mass is 9.96. The van der Waals surface area contributed by atoms with E-state index in [4.69, 9.17) is 4.74 Å². The van der Waals surface area contributed by atoms with E-state index >= 15 is 0 Å². The third-order valence-electron chi connectivity index (χ3n) is 5.10. The standard InChI is InChI=1S/C24H41N3O3S/c1-18(2)17-20(25-31(29)24(6,7)8)19-11-9-10-12-21(19)26-13-15-27(16-14-26)22(28)30-23(3,4)5/h9-12,18,20,25H,13-17H2,1-8H3/t20-,31-/m0/s1. The van der Waals surface area contributed by atoms with Crippen LogP contribution in [0.15, 0.2) is 24.3 Å². The van der Waals surface area contributed by atoms with Crippen molar-refractivity contribution in [3.8, 4) is 0 Å². The van der Waals surface area contributed by atoms with Gasteiger partial charge in [-0.25, -0.2) is 13.7 Å². The average molecular weight is 452 g/mol. The molecule has 2 atom stereocenters. The molecule has 0 aliphatic carbocycles. The highest BCUT2D eigenvalue weighted by Crippen LogP contribution is 2.32. The Hall–Kier alpha value is -1.60. The Morgan fingerprint density at radius 1 is 1.06 bits per heavy atom. The summed E-state index contributed by atoms with van der Waals surface area (Å²) in [5.41, 5.74) is 1.83. The number of piperazine rings is 1. The van der Waals surface area contributed by atoms with Crippen molar-refractivity contribution >= 4 is 22.8 Å². The van der Waals surface area contributed by atoms with E-state index in [2.05, 4.69) is 35.6 Å². The van der Waals surface area contributed by atoms with Crippen LogP contribution in [0.4, 0.5) is 10.5 Å². The van der Waals surface area contributed by atoms with Crippen molar-refractivity contribution in [2.75, 3.05) is 31.1 Å². The molecule has 31 heavy (non-hydrogen) atoms. The molecular weight excluding hydrogens is 410 g/mol. The highest BCUT2D eigenvalue weighted by Gasteiger charge is 2.29. The third-order valence-corrected chi connectivity index (χ3v) is 6.71. The van der Waals surface area contributed by atoms with Gasteiger partial charge in [-0.3, -0.25) is 0 Å². The lowest BCUT2D eigenvalue weighted by Gasteiger charge is -2.38. The van der Waals surface area contributed by atoms with Crippen molar-refractivity contribution in [1.82, 2.24) is 9.62 Å². The molecule has 1 amide bonds. The van der Waals surface area contributed by atoms with Gasteiger partial charge >= 0.3 is 6.09 Å². The molecule has 0 radical (unpaired) electrons. The fraction of sp³-hybridized carbons (Fsp3) is 0.708. The Balaban J connectivity index is 2.18. The van der Waals surface area contributed by atoms with E-state index in [0.29, 0.717) is 19.0 Å². The number of para-hydroxylation sites is 1. The van der Waals surface area contributed by atoms with Crippen LogP contribution in [0.25, 0.3) is 0 Å². The van der Waals surface area contributed by atoms with Gasteiger partial charge in [-0.15, -0.1) is 0 Å². The van der Waals surface area contributed by atoms with Crippen molar-refractivity contribution in [1.29, 1.82) is 0 Å². The Kier molecular flexibility index (Phi) is 8.56. The summed E-state index contributed by atoms with van der Waals surface area (Å²) in [5, 5.41) is 0. The number of carbonyl (C=O) groups excluding carboxylic acids is 1. The first-order valence-electron chi connectivity index (χ1n) is 11.3. The van der Waals surface area contributed by atoms with Gasteiger partial charge in [-0.1, -0.05) is 32.0 Å². The van der Waals surface area contributed by atoms with E-state index in [1.807, 2.05) is 53.7 Å². The van der Waals surface area contributed by atoms with Crippen LogP contribution in [-0.2, 0) is 15.7 Å². The molecule has 2 rings (SSSR count). The normalized spacial score (nSPS) is 17.6. The molecule has 1 heterocycles. The molecule has 1 saturated heterocycles. The molecule has 7 heteroatoms. The lowest BCUT2D eigenvalue weighted by molar-refractivity contribution is 0.0240. The Morgan fingerprint density at radius 2 is 1.65 bits per heavy atom. The van der Waals surface area contributed by atoms with E-state index in [0.717, 1.165) is 25.2 Å². The van der Waals surface area contributed by atoms with Crippen LogP contribution >= 0.6 is 0 Å². The molecule has 6 nitrogen and oxygen atoms in total. The van der Waals surface area contributed by atoms with Gasteiger partial charge in [0.1, 0.15) is 5.60 Å². The largest absolute Gasteiger partial charge is 0.444 e. The first-order chi connectivity index (χ1) is 14.3. The minimum atomic E-state index is -1.16. The predicted molar refractivity (Wildman–Crippen MR) is 130 cm³/mol. The number of carbonyl (C=O) groups is 1. The average Bonchev–Trinajstić information content (AvgIpc) is 2.65. The number of amides is 1. The highest BCUT2D eigenvalue weighted by molar-refractivity contribution is 7.84. The molecule has 0 bridgehead atoms. The molecule has 176 valence electrons. The molecular formula is C24H41N3O3S. The van der Waals surface area contributed by atoms with E-state index < -0.39 is 16.6 Å². The molecule has 0 aromatic heterocycles. The molecule has 1 fully saturated rings. The van der Waals surface area contributed by atoms with Crippen molar-refractivity contribution in [3.05, 3.63) is 29.8 Å². The van der Waals surface area contributed by atoms with Crippen LogP contribution in [0.5, 0.6) is 0 Å². The number of anilines is 1. The van der Waals surface area contributed by atoms with Gasteiger partial charge in [0.05, 0.1) is 15.7 Å². The van der Waals surface area contributed by atoms with Gasteiger partial charge in [0.25, 0.3) is 0 Å². The summed E-state index contributed by atoms with van der Waals surface area (Å²) in [4.78, 5) is 16.5. The minimum Gasteiger partial charge on any atom is -0.444 e. The van der Waals surface area contributed by atoms with Crippen molar-refractivity contribution in [2.24, 2.45) is 5.92 Å². The number of rotatable bonds is 6. The summed E-state index contributed by atoms with van der Waals surface area (Å²) in [5.74, 6) is 0.464. The monoisotopic (exact) mass is 451 g/mol. The van der Waals surface area contributed by atoms with Crippen molar-refractivity contribution < 1.29 is 13.7 Å². The highest BCUT2D eigenvalue weighted by atomic mass is 32.2. The summed E-state index contributed by atoms with van der Waals surface area (Å²) < 4.78 is 21.5. The molecule has 1 aliphatic heterocycles. The fourth-order valence-electron chi connectivity index (χ4n) is 3.54. The third kappa shape index (κ3) is 7.79. The zero-order valence-electron chi connectivity index (χ0n) is 20.5. The van der Waals surface area contributed by atoms with Crippen LogP contribution < -0.4 is 9.62 Å². The van der Waals surface area contributed by atoms with Crippen molar-refractivity contribution in [3.63, 3.8) is 0 Å². The van der Waals surface area contributed by atoms with E-state index in [-0.39, 0.29) is 16.9 Å². The maximum atomic E-state index is 12.9. The second-order valence-electron chi connectivity index (χ2n) is 10.7. The van der Waals surface area contributed by atoms with Crippen LogP contribution in [-0.4, -0.2) is 51.7 Å². The van der Waals surface area contributed by atoms with Gasteiger partial charge in [0, 0.05) is 37.9 Å². The second kappa shape index (κ2) is 10.3. The molecule has 1 aromatic rings. The fourth-order valence-corrected chi connectivity index (χ4v) is 4.38. The maximum absolute atomic E-state index is 12.9. The Morgan fingerprint density at radius 3 is 2.16 bits per heavy atom. The summed E-state index contributed by atoms with van der Waals surface area (Å²) in [6.07, 6.45) is 0.650. The summed E-state index contributed by atoms with van der Waals surface area (Å²) in [6.45, 7) is 18.8. The smallest absolute Gasteiger partial charge is 0.410 e. The molecule has 1 aromatic carbocycles. The van der Waals surface area contributed by atoms with Gasteiger partial charge in [0.15, 0.2) is 0 Å². The van der Waals surface area contributed by atoms with Crippen LogP contribution in [0.2, 0.25) is 0 Å². The number of benzene rings is 1. The first-order valence-corrected chi connectivity index (χ1v) is 12.4. The minimum absolute atomic E-state index is 0.000133. The second-order valence-corrected chi connectivity index (χ2v) is 12.7. The van der Waals surface area contributed by atoms with E-state index in [9.17, 15) is 9.00 Å². The Bertz CT molecular complexity index is 760. The topological polar surface area (TPSA) is 61.9 Å². The zero-order chi connectivity index (χ0) is 23.4. The van der Waals surface area contributed by atoms with Gasteiger partial charge in [-0.05, 0) is 65.5 Å². The predicted octanol–water partition coefficient (Wildman–Crippen LogP) is 4.88. The number of ether oxygens (including phenoxy) is 1. The SMILES string of the molecule is CC(C)C[C@H](N[S@@](=O)C(C)(C)C)c1ccccc1N1CCN(C(=O)OC(C)(C)C)CC1. The number of hydrogen-bond acceptors (Lipinski definition) is 4. The van der Waals surface area contributed by atoms with Crippen LogP contribution in [0, 0.1) is 5.92 Å². The number of nitrogens with zero attached hydrogens (tertiary/aromatic N) is 2. The zero-order valence-corrected chi connectivity index (χ0v) is 21.3. The lowest BCUT2D eigenvalue weighted by Crippen LogP contribution is -2.50. The quantitative estimate of drug-likeness (QED) is 0.669. The van der Waals surface area contributed by atoms with Gasteiger partial charge in [0.2, 0.25) is 0 Å². The van der Waals surface area contributed by atoms with Crippen LogP contribution in [0.3, 0.4) is 0 Å². The molecule has 1 N–H and O–H groups in total. The van der Waals surface area contributed by atoms with Crippen molar-refractivity contribution in [2.45, 2.75) is 78.2 Å². The maximum Gasteiger partial charge on any atom is 0.410 e. The number of nitrogens with one attached hydrogen (secondary N) is 1. The number of hydrogen-bond donors (Lipinski definition) is 1. The summed E-state index contributed by atoms with van der Waals surface area (Å²) in [6, 6.07) is 8.36. The Labute approximate surface area is 191 Å². The van der Waals surface area contributed by atoms with E-state index in [1.165, 1.54) is 5.56 Å². The van der Waals surface area contributed by atoms with Gasteiger partial charge < -0.3 is 14.5 Å². The molecule has 1 aliphatic rings. The molecule has 0 unspecified atom stereocenters. The summed E-state index contributed by atoms with van der Waals surface area (Å²) in [7, 11) is -1.16. The van der Waals surface area contributed by atoms with Gasteiger partial charge in [-0.2, -0.15) is 0 Å². The van der Waals surface area contributed by atoms with E-state index in [1.54, 1.807) is 4.90 Å². The summed E-state index contributed by atoms with van der Waals surface area (Å²) >= 11 is 0. The molecule has 0 spiro atoms. The molecule has 0 saturated carbocycles.